The lowest BCUT2D eigenvalue weighted by Crippen LogP contribution is -2.36. The second-order valence-corrected chi connectivity index (χ2v) is 5.93. The fourth-order valence-electron chi connectivity index (χ4n) is 2.77. The monoisotopic (exact) mass is 357 g/mol. The van der Waals surface area contributed by atoms with E-state index in [0.717, 1.165) is 0 Å². The SMILES string of the molecule is CC(=NNc1ccccc1C(=O)O)c1ccc(N2CCOCC2)c(F)c1. The van der Waals surface area contributed by atoms with Gasteiger partial charge in [-0.2, -0.15) is 5.10 Å². The summed E-state index contributed by atoms with van der Waals surface area (Å²) in [5, 5.41) is 13.4. The zero-order valence-electron chi connectivity index (χ0n) is 14.4. The number of nitrogens with one attached hydrogen (secondary N) is 1. The average molecular weight is 357 g/mol. The van der Waals surface area contributed by atoms with Gasteiger partial charge in [-0.1, -0.05) is 18.2 Å². The van der Waals surface area contributed by atoms with Crippen molar-refractivity contribution in [2.45, 2.75) is 6.92 Å². The summed E-state index contributed by atoms with van der Waals surface area (Å²) in [5.74, 6) is -1.35. The Morgan fingerprint density at radius 1 is 1.23 bits per heavy atom. The minimum Gasteiger partial charge on any atom is -0.478 e. The van der Waals surface area contributed by atoms with E-state index < -0.39 is 5.97 Å². The van der Waals surface area contributed by atoms with Gasteiger partial charge in [0.2, 0.25) is 0 Å². The predicted octanol–water partition coefficient (Wildman–Crippen LogP) is 3.20. The number of morpholine rings is 1. The highest BCUT2D eigenvalue weighted by Crippen LogP contribution is 2.22. The van der Waals surface area contributed by atoms with Crippen LogP contribution in [0.5, 0.6) is 0 Å². The second kappa shape index (κ2) is 7.97. The van der Waals surface area contributed by atoms with Crippen LogP contribution in [-0.4, -0.2) is 43.1 Å². The number of carbonyl (C=O) groups is 1. The van der Waals surface area contributed by atoms with Crippen molar-refractivity contribution in [3.63, 3.8) is 0 Å². The quantitative estimate of drug-likeness (QED) is 0.635. The van der Waals surface area contributed by atoms with E-state index >= 15 is 0 Å². The number of anilines is 2. The number of halogens is 1. The van der Waals surface area contributed by atoms with E-state index in [0.29, 0.717) is 49.0 Å². The third kappa shape index (κ3) is 4.00. The van der Waals surface area contributed by atoms with Crippen LogP contribution in [0.3, 0.4) is 0 Å². The fraction of sp³-hybridized carbons (Fsp3) is 0.263. The maximum Gasteiger partial charge on any atom is 0.337 e. The summed E-state index contributed by atoms with van der Waals surface area (Å²) in [5.41, 5.74) is 4.98. The fourth-order valence-corrected chi connectivity index (χ4v) is 2.77. The molecule has 1 heterocycles. The highest BCUT2D eigenvalue weighted by molar-refractivity contribution is 6.00. The molecule has 0 amide bonds. The highest BCUT2D eigenvalue weighted by atomic mass is 19.1. The molecule has 0 spiro atoms. The number of hydrogen-bond donors (Lipinski definition) is 2. The van der Waals surface area contributed by atoms with Gasteiger partial charge in [0.25, 0.3) is 0 Å². The molecule has 6 nitrogen and oxygen atoms in total. The zero-order chi connectivity index (χ0) is 18.5. The third-order valence-corrected chi connectivity index (χ3v) is 4.22. The lowest BCUT2D eigenvalue weighted by atomic mass is 10.1. The van der Waals surface area contributed by atoms with Crippen molar-refractivity contribution < 1.29 is 19.0 Å². The number of hydrazone groups is 1. The van der Waals surface area contributed by atoms with E-state index in [9.17, 15) is 14.3 Å². The molecule has 0 aliphatic carbocycles. The molecular formula is C19H20FN3O3. The Morgan fingerprint density at radius 2 is 1.96 bits per heavy atom. The minimum absolute atomic E-state index is 0.123. The van der Waals surface area contributed by atoms with Crippen LogP contribution in [0.2, 0.25) is 0 Å². The van der Waals surface area contributed by atoms with Crippen LogP contribution in [-0.2, 0) is 4.74 Å². The molecule has 26 heavy (non-hydrogen) atoms. The Kier molecular flexibility index (Phi) is 5.48. The number of para-hydroxylation sites is 1. The molecule has 0 bridgehead atoms. The van der Waals surface area contributed by atoms with E-state index in [1.54, 1.807) is 37.3 Å². The molecule has 1 saturated heterocycles. The van der Waals surface area contributed by atoms with Crippen molar-refractivity contribution in [1.82, 2.24) is 0 Å². The molecule has 1 aliphatic rings. The Bertz CT molecular complexity index is 833. The van der Waals surface area contributed by atoms with Crippen LogP contribution in [0, 0.1) is 5.82 Å². The number of nitrogens with zero attached hydrogens (tertiary/aromatic N) is 2. The third-order valence-electron chi connectivity index (χ3n) is 4.22. The first-order valence-corrected chi connectivity index (χ1v) is 8.31. The highest BCUT2D eigenvalue weighted by Gasteiger charge is 2.16. The maximum atomic E-state index is 14.5. The lowest BCUT2D eigenvalue weighted by Gasteiger charge is -2.29. The summed E-state index contributed by atoms with van der Waals surface area (Å²) in [7, 11) is 0. The molecule has 3 rings (SSSR count). The van der Waals surface area contributed by atoms with Gasteiger partial charge in [0.1, 0.15) is 5.82 Å². The maximum absolute atomic E-state index is 14.5. The van der Waals surface area contributed by atoms with E-state index in [1.807, 2.05) is 4.90 Å². The molecule has 0 atom stereocenters. The van der Waals surface area contributed by atoms with Gasteiger partial charge in [0.15, 0.2) is 0 Å². The smallest absolute Gasteiger partial charge is 0.337 e. The molecule has 0 radical (unpaired) electrons. The number of benzene rings is 2. The summed E-state index contributed by atoms with van der Waals surface area (Å²) in [6.45, 7) is 4.25. The van der Waals surface area contributed by atoms with Gasteiger partial charge in [-0.25, -0.2) is 9.18 Å². The molecule has 0 saturated carbocycles. The molecular weight excluding hydrogens is 337 g/mol. The van der Waals surface area contributed by atoms with Crippen molar-refractivity contribution in [1.29, 1.82) is 0 Å². The van der Waals surface area contributed by atoms with Crippen LogP contribution in [0.15, 0.2) is 47.6 Å². The summed E-state index contributed by atoms with van der Waals surface area (Å²) < 4.78 is 19.8. The Hall–Kier alpha value is -2.93. The number of ether oxygens (including phenoxy) is 1. The molecule has 1 aliphatic heterocycles. The van der Waals surface area contributed by atoms with E-state index in [-0.39, 0.29) is 11.4 Å². The van der Waals surface area contributed by atoms with Crippen molar-refractivity contribution in [3.05, 3.63) is 59.4 Å². The molecule has 1 fully saturated rings. The molecule has 0 unspecified atom stereocenters. The Morgan fingerprint density at radius 3 is 2.65 bits per heavy atom. The summed E-state index contributed by atoms with van der Waals surface area (Å²) >= 11 is 0. The number of carboxylic acids is 1. The first-order valence-electron chi connectivity index (χ1n) is 8.31. The Balaban J connectivity index is 1.77. The van der Waals surface area contributed by atoms with Gasteiger partial charge in [-0.3, -0.25) is 5.43 Å². The van der Waals surface area contributed by atoms with Crippen LogP contribution in [0.25, 0.3) is 0 Å². The summed E-state index contributed by atoms with van der Waals surface area (Å²) in [4.78, 5) is 13.2. The normalized spacial score (nSPS) is 15.0. The Labute approximate surface area is 150 Å². The van der Waals surface area contributed by atoms with E-state index in [2.05, 4.69) is 10.5 Å². The topological polar surface area (TPSA) is 74.2 Å². The lowest BCUT2D eigenvalue weighted by molar-refractivity contribution is 0.0698. The minimum atomic E-state index is -1.04. The van der Waals surface area contributed by atoms with Crippen LogP contribution in [0.1, 0.15) is 22.8 Å². The van der Waals surface area contributed by atoms with Crippen molar-refractivity contribution in [3.8, 4) is 0 Å². The number of rotatable bonds is 5. The molecule has 7 heteroatoms. The largest absolute Gasteiger partial charge is 0.478 e. The first-order chi connectivity index (χ1) is 12.6. The van der Waals surface area contributed by atoms with Gasteiger partial charge in [0.05, 0.1) is 35.9 Å². The second-order valence-electron chi connectivity index (χ2n) is 5.93. The zero-order valence-corrected chi connectivity index (χ0v) is 14.4. The van der Waals surface area contributed by atoms with Gasteiger partial charge in [0, 0.05) is 18.7 Å². The molecule has 2 aromatic carbocycles. The van der Waals surface area contributed by atoms with Gasteiger partial charge >= 0.3 is 5.97 Å². The number of carboxylic acid groups (broad SMARTS) is 1. The number of aromatic carboxylic acids is 1. The van der Waals surface area contributed by atoms with Crippen molar-refractivity contribution >= 4 is 23.1 Å². The standard InChI is InChI=1S/C19H20FN3O3/c1-13(21-22-17-5-3-2-4-15(17)19(24)25)14-6-7-18(16(20)12-14)23-8-10-26-11-9-23/h2-7,12,22H,8-11H2,1H3,(H,24,25). The van der Waals surface area contributed by atoms with Crippen LogP contribution < -0.4 is 10.3 Å². The molecule has 2 aromatic rings. The van der Waals surface area contributed by atoms with E-state index in [1.165, 1.54) is 12.1 Å². The van der Waals surface area contributed by atoms with Gasteiger partial charge in [-0.05, 0) is 31.2 Å². The van der Waals surface area contributed by atoms with Crippen LogP contribution >= 0.6 is 0 Å². The van der Waals surface area contributed by atoms with Crippen molar-refractivity contribution in [2.75, 3.05) is 36.6 Å². The predicted molar refractivity (Wildman–Crippen MR) is 98.7 cm³/mol. The molecule has 136 valence electrons. The summed E-state index contributed by atoms with van der Waals surface area (Å²) in [6, 6.07) is 11.5. The van der Waals surface area contributed by atoms with Crippen molar-refractivity contribution in [2.24, 2.45) is 5.10 Å². The molecule has 0 aromatic heterocycles. The number of hydrogen-bond acceptors (Lipinski definition) is 5. The van der Waals surface area contributed by atoms with Gasteiger partial charge in [-0.15, -0.1) is 0 Å². The first kappa shape index (κ1) is 17.9. The average Bonchev–Trinajstić information content (AvgIpc) is 2.66. The van der Waals surface area contributed by atoms with Crippen LogP contribution in [0.4, 0.5) is 15.8 Å². The summed E-state index contributed by atoms with van der Waals surface area (Å²) in [6.07, 6.45) is 0. The van der Waals surface area contributed by atoms with Gasteiger partial charge < -0.3 is 14.7 Å². The van der Waals surface area contributed by atoms with E-state index in [4.69, 9.17) is 4.74 Å². The molecule has 2 N–H and O–H groups in total.